The minimum absolute atomic E-state index is 0.0561. The van der Waals surface area contributed by atoms with Gasteiger partial charge in [-0.05, 0) is 19.0 Å². The third-order valence-electron chi connectivity index (χ3n) is 2.90. The van der Waals surface area contributed by atoms with Gasteiger partial charge < -0.3 is 20.1 Å². The molecule has 1 amide bonds. The molecule has 0 aromatic rings. The van der Waals surface area contributed by atoms with Gasteiger partial charge in [-0.25, -0.2) is 0 Å². The van der Waals surface area contributed by atoms with Crippen LogP contribution in [-0.4, -0.2) is 46.1 Å². The number of hydrogen-bond donors (Lipinski definition) is 2. The molecule has 0 radical (unpaired) electrons. The molecule has 88 valence electrons. The number of carbonyl (C=O) groups excluding carboxylic acids is 1. The Morgan fingerprint density at radius 2 is 2.07 bits per heavy atom. The SMILES string of the molecule is COC(CNC(=O)C(C)C1CNC1)OC. The van der Waals surface area contributed by atoms with E-state index in [1.807, 2.05) is 6.92 Å². The Hall–Kier alpha value is -0.650. The summed E-state index contributed by atoms with van der Waals surface area (Å²) < 4.78 is 9.96. The first-order valence-electron chi connectivity index (χ1n) is 5.23. The standard InChI is InChI=1S/C10H20N2O3/c1-7(8-4-11-5-8)10(13)12-6-9(14-2)15-3/h7-9,11H,4-6H2,1-3H3,(H,12,13). The first kappa shape index (κ1) is 12.4. The molecule has 1 rings (SSSR count). The summed E-state index contributed by atoms with van der Waals surface area (Å²) in [5, 5.41) is 5.97. The van der Waals surface area contributed by atoms with Crippen LogP contribution >= 0.6 is 0 Å². The molecule has 1 atom stereocenters. The summed E-state index contributed by atoms with van der Waals surface area (Å²) in [5.74, 6) is 0.592. The Morgan fingerprint density at radius 3 is 2.47 bits per heavy atom. The van der Waals surface area contributed by atoms with Gasteiger partial charge in [-0.15, -0.1) is 0 Å². The normalized spacial score (nSPS) is 18.7. The maximum absolute atomic E-state index is 11.7. The van der Waals surface area contributed by atoms with Gasteiger partial charge in [0.2, 0.25) is 5.91 Å². The van der Waals surface area contributed by atoms with Gasteiger partial charge in [0.05, 0.1) is 6.54 Å². The maximum Gasteiger partial charge on any atom is 0.223 e. The van der Waals surface area contributed by atoms with Gasteiger partial charge in [-0.3, -0.25) is 4.79 Å². The molecule has 1 fully saturated rings. The van der Waals surface area contributed by atoms with Gasteiger partial charge in [0.1, 0.15) is 0 Å². The molecule has 0 saturated carbocycles. The molecule has 1 saturated heterocycles. The Bertz CT molecular complexity index is 203. The first-order valence-corrected chi connectivity index (χ1v) is 5.23. The Kier molecular flexibility index (Phi) is 5.01. The van der Waals surface area contributed by atoms with Crippen molar-refractivity contribution in [3.05, 3.63) is 0 Å². The van der Waals surface area contributed by atoms with Crippen LogP contribution in [0.15, 0.2) is 0 Å². The van der Waals surface area contributed by atoms with Crippen LogP contribution in [0.5, 0.6) is 0 Å². The zero-order chi connectivity index (χ0) is 11.3. The fourth-order valence-corrected chi connectivity index (χ4v) is 1.49. The second kappa shape index (κ2) is 6.05. The van der Waals surface area contributed by atoms with E-state index < -0.39 is 0 Å². The van der Waals surface area contributed by atoms with Gasteiger partial charge in [-0.1, -0.05) is 6.92 Å². The van der Waals surface area contributed by atoms with Gasteiger partial charge in [0.15, 0.2) is 6.29 Å². The molecule has 0 aromatic carbocycles. The largest absolute Gasteiger partial charge is 0.354 e. The summed E-state index contributed by atoms with van der Waals surface area (Å²) in [7, 11) is 3.11. The molecule has 0 bridgehead atoms. The molecule has 1 aliphatic heterocycles. The van der Waals surface area contributed by atoms with E-state index in [0.29, 0.717) is 12.5 Å². The van der Waals surface area contributed by atoms with Crippen molar-refractivity contribution in [1.82, 2.24) is 10.6 Å². The van der Waals surface area contributed by atoms with Crippen molar-refractivity contribution < 1.29 is 14.3 Å². The fourth-order valence-electron chi connectivity index (χ4n) is 1.49. The van der Waals surface area contributed by atoms with Crippen molar-refractivity contribution >= 4 is 5.91 Å². The zero-order valence-electron chi connectivity index (χ0n) is 9.58. The molecule has 0 aliphatic carbocycles. The summed E-state index contributed by atoms with van der Waals surface area (Å²) in [4.78, 5) is 11.7. The smallest absolute Gasteiger partial charge is 0.223 e. The van der Waals surface area contributed by atoms with Crippen LogP contribution < -0.4 is 10.6 Å². The highest BCUT2D eigenvalue weighted by Gasteiger charge is 2.28. The van der Waals surface area contributed by atoms with Gasteiger partial charge >= 0.3 is 0 Å². The lowest BCUT2D eigenvalue weighted by Crippen LogP contribution is -2.50. The number of hydrogen-bond acceptors (Lipinski definition) is 4. The number of amides is 1. The van der Waals surface area contributed by atoms with Crippen LogP contribution in [0.1, 0.15) is 6.92 Å². The fraction of sp³-hybridized carbons (Fsp3) is 0.900. The molecule has 1 aliphatic rings. The zero-order valence-corrected chi connectivity index (χ0v) is 9.58. The number of nitrogens with one attached hydrogen (secondary N) is 2. The Labute approximate surface area is 90.5 Å². The van der Waals surface area contributed by atoms with E-state index in [2.05, 4.69) is 10.6 Å². The van der Waals surface area contributed by atoms with Gasteiger partial charge in [0.25, 0.3) is 0 Å². The topological polar surface area (TPSA) is 59.6 Å². The summed E-state index contributed by atoms with van der Waals surface area (Å²) in [5.41, 5.74) is 0. The van der Waals surface area contributed by atoms with Crippen LogP contribution in [0.4, 0.5) is 0 Å². The molecule has 0 aromatic heterocycles. The van der Waals surface area contributed by atoms with Crippen molar-refractivity contribution in [2.75, 3.05) is 33.9 Å². The van der Waals surface area contributed by atoms with E-state index in [1.54, 1.807) is 14.2 Å². The summed E-state index contributed by atoms with van der Waals surface area (Å²) in [6.07, 6.45) is -0.360. The van der Waals surface area contributed by atoms with Crippen molar-refractivity contribution in [2.24, 2.45) is 11.8 Å². The van der Waals surface area contributed by atoms with E-state index in [4.69, 9.17) is 9.47 Å². The summed E-state index contributed by atoms with van der Waals surface area (Å²) in [6.45, 7) is 4.23. The van der Waals surface area contributed by atoms with Crippen molar-refractivity contribution in [1.29, 1.82) is 0 Å². The highest BCUT2D eigenvalue weighted by molar-refractivity contribution is 5.78. The van der Waals surface area contributed by atoms with Crippen molar-refractivity contribution in [2.45, 2.75) is 13.2 Å². The van der Waals surface area contributed by atoms with E-state index in [0.717, 1.165) is 13.1 Å². The number of rotatable bonds is 6. The molecule has 5 nitrogen and oxygen atoms in total. The van der Waals surface area contributed by atoms with Crippen LogP contribution in [0, 0.1) is 11.8 Å². The van der Waals surface area contributed by atoms with Gasteiger partial charge in [0, 0.05) is 20.1 Å². The molecule has 15 heavy (non-hydrogen) atoms. The van der Waals surface area contributed by atoms with E-state index in [1.165, 1.54) is 0 Å². The van der Waals surface area contributed by atoms with E-state index >= 15 is 0 Å². The van der Waals surface area contributed by atoms with E-state index in [-0.39, 0.29) is 18.1 Å². The highest BCUT2D eigenvalue weighted by Crippen LogP contribution is 2.15. The lowest BCUT2D eigenvalue weighted by Gasteiger charge is -2.31. The van der Waals surface area contributed by atoms with Crippen molar-refractivity contribution in [3.63, 3.8) is 0 Å². The molecule has 1 heterocycles. The maximum atomic E-state index is 11.7. The van der Waals surface area contributed by atoms with Crippen LogP contribution in [0.25, 0.3) is 0 Å². The quantitative estimate of drug-likeness (QED) is 0.592. The average Bonchev–Trinajstić information content (AvgIpc) is 2.16. The second-order valence-corrected chi connectivity index (χ2v) is 3.85. The third-order valence-corrected chi connectivity index (χ3v) is 2.90. The third kappa shape index (κ3) is 3.44. The summed E-state index contributed by atoms with van der Waals surface area (Å²) in [6, 6.07) is 0. The monoisotopic (exact) mass is 216 g/mol. The predicted octanol–water partition coefficient (Wildman–Crippen LogP) is -0.423. The lowest BCUT2D eigenvalue weighted by molar-refractivity contribution is -0.132. The Morgan fingerprint density at radius 1 is 1.47 bits per heavy atom. The number of carbonyl (C=O) groups is 1. The molecule has 0 spiro atoms. The van der Waals surface area contributed by atoms with Crippen LogP contribution in [-0.2, 0) is 14.3 Å². The average molecular weight is 216 g/mol. The minimum atomic E-state index is -0.360. The molecular weight excluding hydrogens is 196 g/mol. The van der Waals surface area contributed by atoms with E-state index in [9.17, 15) is 4.79 Å². The summed E-state index contributed by atoms with van der Waals surface area (Å²) >= 11 is 0. The second-order valence-electron chi connectivity index (χ2n) is 3.85. The predicted molar refractivity (Wildman–Crippen MR) is 56.3 cm³/mol. The number of ether oxygens (including phenoxy) is 2. The molecule has 5 heteroatoms. The van der Waals surface area contributed by atoms with Crippen LogP contribution in [0.2, 0.25) is 0 Å². The molecule has 2 N–H and O–H groups in total. The number of methoxy groups -OCH3 is 2. The highest BCUT2D eigenvalue weighted by atomic mass is 16.7. The lowest BCUT2D eigenvalue weighted by atomic mass is 9.88. The molecular formula is C10H20N2O3. The van der Waals surface area contributed by atoms with Gasteiger partial charge in [-0.2, -0.15) is 0 Å². The minimum Gasteiger partial charge on any atom is -0.354 e. The first-order chi connectivity index (χ1) is 7.19. The van der Waals surface area contributed by atoms with Crippen molar-refractivity contribution in [3.8, 4) is 0 Å². The molecule has 1 unspecified atom stereocenters. The Balaban J connectivity index is 2.22. The van der Waals surface area contributed by atoms with Crippen LogP contribution in [0.3, 0.4) is 0 Å².